The summed E-state index contributed by atoms with van der Waals surface area (Å²) in [4.78, 5) is 0. The van der Waals surface area contributed by atoms with Crippen LogP contribution in [0.2, 0.25) is 0 Å². The van der Waals surface area contributed by atoms with E-state index in [-0.39, 0.29) is 5.60 Å². The summed E-state index contributed by atoms with van der Waals surface area (Å²) in [6, 6.07) is 0. The van der Waals surface area contributed by atoms with E-state index in [1.165, 1.54) is 19.3 Å². The zero-order chi connectivity index (χ0) is 7.73. The van der Waals surface area contributed by atoms with Gasteiger partial charge >= 0.3 is 0 Å². The molecule has 2 saturated heterocycles. The van der Waals surface area contributed by atoms with Gasteiger partial charge in [0, 0.05) is 13.0 Å². The maximum Gasteiger partial charge on any atom is 0.0736 e. The number of hydrogen-bond acceptors (Lipinski definition) is 3. The van der Waals surface area contributed by atoms with Crippen LogP contribution in [0.15, 0.2) is 0 Å². The summed E-state index contributed by atoms with van der Waals surface area (Å²) >= 11 is 0. The average Bonchev–Trinajstić information content (AvgIpc) is 2.01. The first-order valence-corrected chi connectivity index (χ1v) is 4.43. The monoisotopic (exact) mass is 156 g/mol. The maximum atomic E-state index is 5.75. The van der Waals surface area contributed by atoms with Gasteiger partial charge < -0.3 is 15.8 Å². The third-order valence-corrected chi connectivity index (χ3v) is 2.79. The standard InChI is InChI=1S/C8H16N2O/c9-6-7-5-8(11-7)1-3-10-4-2-8/h7,10H,1-6,9H2. The van der Waals surface area contributed by atoms with Gasteiger partial charge in [0.1, 0.15) is 0 Å². The Bertz CT molecular complexity index is 135. The van der Waals surface area contributed by atoms with Crippen molar-refractivity contribution in [2.75, 3.05) is 19.6 Å². The van der Waals surface area contributed by atoms with Crippen molar-refractivity contribution in [3.8, 4) is 0 Å². The molecule has 0 amide bonds. The van der Waals surface area contributed by atoms with E-state index < -0.39 is 0 Å². The van der Waals surface area contributed by atoms with Gasteiger partial charge in [-0.05, 0) is 25.9 Å². The van der Waals surface area contributed by atoms with E-state index in [1.807, 2.05) is 0 Å². The molecule has 0 aromatic rings. The first-order chi connectivity index (χ1) is 5.35. The molecule has 0 radical (unpaired) electrons. The predicted octanol–water partition coefficient (Wildman–Crippen LogP) is -0.144. The van der Waals surface area contributed by atoms with Crippen LogP contribution in [-0.4, -0.2) is 31.3 Å². The zero-order valence-corrected chi connectivity index (χ0v) is 6.81. The van der Waals surface area contributed by atoms with Gasteiger partial charge in [-0.25, -0.2) is 0 Å². The SMILES string of the molecule is NCC1CC2(CCNCC2)O1. The molecule has 2 aliphatic rings. The number of rotatable bonds is 1. The number of ether oxygens (including phenoxy) is 1. The van der Waals surface area contributed by atoms with Crippen LogP contribution >= 0.6 is 0 Å². The second-order valence-electron chi connectivity index (χ2n) is 3.61. The molecule has 0 saturated carbocycles. The van der Waals surface area contributed by atoms with Crippen molar-refractivity contribution < 1.29 is 4.74 Å². The highest BCUT2D eigenvalue weighted by Crippen LogP contribution is 2.39. The molecule has 1 spiro atoms. The third kappa shape index (κ3) is 1.28. The number of piperidine rings is 1. The van der Waals surface area contributed by atoms with Gasteiger partial charge in [0.15, 0.2) is 0 Å². The summed E-state index contributed by atoms with van der Waals surface area (Å²) in [6.07, 6.45) is 3.88. The molecule has 2 heterocycles. The Labute approximate surface area is 67.3 Å². The van der Waals surface area contributed by atoms with E-state index in [4.69, 9.17) is 10.5 Å². The normalized spacial score (nSPS) is 35.2. The van der Waals surface area contributed by atoms with Crippen molar-refractivity contribution in [3.05, 3.63) is 0 Å². The van der Waals surface area contributed by atoms with Gasteiger partial charge in [0.05, 0.1) is 11.7 Å². The highest BCUT2D eigenvalue weighted by atomic mass is 16.5. The largest absolute Gasteiger partial charge is 0.370 e. The highest BCUT2D eigenvalue weighted by Gasteiger charge is 2.44. The second kappa shape index (κ2) is 2.73. The van der Waals surface area contributed by atoms with Crippen LogP contribution in [0.3, 0.4) is 0 Å². The minimum atomic E-state index is 0.231. The van der Waals surface area contributed by atoms with Crippen molar-refractivity contribution in [2.24, 2.45) is 5.73 Å². The maximum absolute atomic E-state index is 5.75. The van der Waals surface area contributed by atoms with Gasteiger partial charge in [-0.2, -0.15) is 0 Å². The zero-order valence-electron chi connectivity index (χ0n) is 6.81. The molecular formula is C8H16N2O. The predicted molar refractivity (Wildman–Crippen MR) is 43.4 cm³/mol. The molecule has 11 heavy (non-hydrogen) atoms. The van der Waals surface area contributed by atoms with E-state index in [1.54, 1.807) is 0 Å². The quantitative estimate of drug-likeness (QED) is 0.555. The van der Waals surface area contributed by atoms with Gasteiger partial charge in [-0.15, -0.1) is 0 Å². The third-order valence-electron chi connectivity index (χ3n) is 2.79. The van der Waals surface area contributed by atoms with Crippen LogP contribution < -0.4 is 11.1 Å². The summed E-state index contributed by atoms with van der Waals surface area (Å²) < 4.78 is 5.75. The summed E-state index contributed by atoms with van der Waals surface area (Å²) in [7, 11) is 0. The molecular weight excluding hydrogens is 140 g/mol. The smallest absolute Gasteiger partial charge is 0.0736 e. The lowest BCUT2D eigenvalue weighted by atomic mass is 9.81. The molecule has 2 rings (SSSR count). The molecule has 3 nitrogen and oxygen atoms in total. The Morgan fingerprint density at radius 1 is 1.45 bits per heavy atom. The molecule has 2 fully saturated rings. The van der Waals surface area contributed by atoms with E-state index >= 15 is 0 Å². The fourth-order valence-electron chi connectivity index (χ4n) is 2.09. The molecule has 2 aliphatic heterocycles. The summed E-state index contributed by atoms with van der Waals surface area (Å²) in [5.41, 5.74) is 5.71. The van der Waals surface area contributed by atoms with Gasteiger partial charge in [-0.1, -0.05) is 0 Å². The minimum absolute atomic E-state index is 0.231. The van der Waals surface area contributed by atoms with Crippen molar-refractivity contribution in [2.45, 2.75) is 31.0 Å². The van der Waals surface area contributed by atoms with Crippen LogP contribution in [0.5, 0.6) is 0 Å². The Hall–Kier alpha value is -0.120. The lowest BCUT2D eigenvalue weighted by molar-refractivity contribution is -0.212. The van der Waals surface area contributed by atoms with Crippen LogP contribution in [0.1, 0.15) is 19.3 Å². The summed E-state index contributed by atoms with van der Waals surface area (Å²) in [6.45, 7) is 2.91. The van der Waals surface area contributed by atoms with Crippen LogP contribution in [-0.2, 0) is 4.74 Å². The Kier molecular flexibility index (Phi) is 1.87. The summed E-state index contributed by atoms with van der Waals surface area (Å²) in [5.74, 6) is 0. The topological polar surface area (TPSA) is 47.3 Å². The van der Waals surface area contributed by atoms with Crippen LogP contribution in [0.25, 0.3) is 0 Å². The lowest BCUT2D eigenvalue weighted by Gasteiger charge is -2.50. The fraction of sp³-hybridized carbons (Fsp3) is 1.00. The van der Waals surface area contributed by atoms with Crippen molar-refractivity contribution in [3.63, 3.8) is 0 Å². The molecule has 0 aliphatic carbocycles. The second-order valence-corrected chi connectivity index (χ2v) is 3.61. The number of nitrogens with one attached hydrogen (secondary N) is 1. The van der Waals surface area contributed by atoms with E-state index in [2.05, 4.69) is 5.32 Å². The number of nitrogens with two attached hydrogens (primary N) is 1. The minimum Gasteiger partial charge on any atom is -0.370 e. The van der Waals surface area contributed by atoms with Gasteiger partial charge in [0.2, 0.25) is 0 Å². The van der Waals surface area contributed by atoms with Crippen molar-refractivity contribution in [1.29, 1.82) is 0 Å². The average molecular weight is 156 g/mol. The Morgan fingerprint density at radius 2 is 2.09 bits per heavy atom. The highest BCUT2D eigenvalue weighted by molar-refractivity contribution is 4.96. The van der Waals surface area contributed by atoms with E-state index in [9.17, 15) is 0 Å². The Morgan fingerprint density at radius 3 is 2.64 bits per heavy atom. The van der Waals surface area contributed by atoms with Crippen molar-refractivity contribution in [1.82, 2.24) is 5.32 Å². The molecule has 3 heteroatoms. The van der Waals surface area contributed by atoms with Crippen molar-refractivity contribution >= 4 is 0 Å². The molecule has 64 valence electrons. The van der Waals surface area contributed by atoms with E-state index in [0.717, 1.165) is 13.1 Å². The fourth-order valence-corrected chi connectivity index (χ4v) is 2.09. The molecule has 1 atom stereocenters. The van der Waals surface area contributed by atoms with Crippen LogP contribution in [0, 0.1) is 0 Å². The van der Waals surface area contributed by atoms with Gasteiger partial charge in [0.25, 0.3) is 0 Å². The number of hydrogen-bond donors (Lipinski definition) is 2. The van der Waals surface area contributed by atoms with E-state index in [0.29, 0.717) is 12.6 Å². The lowest BCUT2D eigenvalue weighted by Crippen LogP contribution is -2.57. The molecule has 0 aromatic heterocycles. The first-order valence-electron chi connectivity index (χ1n) is 4.43. The first kappa shape index (κ1) is 7.53. The molecule has 1 unspecified atom stereocenters. The molecule has 3 N–H and O–H groups in total. The summed E-state index contributed by atoms with van der Waals surface area (Å²) in [5, 5.41) is 3.33. The molecule has 0 bridgehead atoms. The molecule has 0 aromatic carbocycles. The Balaban J connectivity index is 1.84. The van der Waals surface area contributed by atoms with Crippen LogP contribution in [0.4, 0.5) is 0 Å². The van der Waals surface area contributed by atoms with Gasteiger partial charge in [-0.3, -0.25) is 0 Å².